The molecule has 1 aliphatic carbocycles. The Morgan fingerprint density at radius 2 is 2.20 bits per heavy atom. The first-order valence-corrected chi connectivity index (χ1v) is 8.41. The van der Waals surface area contributed by atoms with Crippen molar-refractivity contribution in [2.45, 2.75) is 44.1 Å². The fourth-order valence-corrected chi connectivity index (χ4v) is 4.43. The molecule has 5 heteroatoms. The van der Waals surface area contributed by atoms with Crippen LogP contribution in [0.25, 0.3) is 0 Å². The third kappa shape index (κ3) is 2.00. The number of rotatable bonds is 2. The number of aryl methyl sites for hydroxylation is 1. The van der Waals surface area contributed by atoms with Gasteiger partial charge >= 0.3 is 0 Å². The van der Waals surface area contributed by atoms with Gasteiger partial charge in [-0.25, -0.2) is 4.98 Å². The van der Waals surface area contributed by atoms with Crippen LogP contribution in [0.4, 0.5) is 0 Å². The molecule has 3 heterocycles. The average molecular weight is 288 g/mol. The van der Waals surface area contributed by atoms with E-state index in [0.717, 1.165) is 24.6 Å². The minimum absolute atomic E-state index is 0.220. The summed E-state index contributed by atoms with van der Waals surface area (Å²) in [6.07, 6.45) is 6.30. The second-order valence-electron chi connectivity index (χ2n) is 5.87. The van der Waals surface area contributed by atoms with Crippen molar-refractivity contribution in [2.24, 2.45) is 7.05 Å². The molecule has 0 spiro atoms. The van der Waals surface area contributed by atoms with Gasteiger partial charge in [0.1, 0.15) is 5.82 Å². The first-order chi connectivity index (χ1) is 9.83. The lowest BCUT2D eigenvalue weighted by atomic mass is 10.0. The van der Waals surface area contributed by atoms with Crippen LogP contribution < -0.4 is 5.32 Å². The Bertz CT molecular complexity index is 609. The van der Waals surface area contributed by atoms with Crippen molar-refractivity contribution >= 4 is 11.3 Å². The molecular formula is C15H20N4S. The fourth-order valence-electron chi connectivity index (χ4n) is 3.51. The van der Waals surface area contributed by atoms with Crippen LogP contribution >= 0.6 is 11.3 Å². The smallest absolute Gasteiger partial charge is 0.154 e. The fraction of sp³-hybridized carbons (Fsp3) is 0.600. The summed E-state index contributed by atoms with van der Waals surface area (Å²) in [4.78, 5) is 6.39. The highest BCUT2D eigenvalue weighted by Gasteiger charge is 2.29. The monoisotopic (exact) mass is 288 g/mol. The van der Waals surface area contributed by atoms with Crippen molar-refractivity contribution in [2.75, 3.05) is 6.54 Å². The predicted octanol–water partition coefficient (Wildman–Crippen LogP) is 2.77. The SMILES string of the molecule is Cn1nc(C2CCCC2)nc1C1NCCc2sccc21. The number of fused-ring (bicyclic) bond motifs is 1. The van der Waals surface area contributed by atoms with Gasteiger partial charge in [0, 0.05) is 24.4 Å². The van der Waals surface area contributed by atoms with Crippen LogP contribution in [0.1, 0.15) is 59.7 Å². The quantitative estimate of drug-likeness (QED) is 0.924. The van der Waals surface area contributed by atoms with E-state index in [2.05, 4.69) is 16.8 Å². The van der Waals surface area contributed by atoms with Gasteiger partial charge in [0.2, 0.25) is 0 Å². The first-order valence-electron chi connectivity index (χ1n) is 7.53. The molecule has 0 aromatic carbocycles. The average Bonchev–Trinajstić information content (AvgIpc) is 3.18. The highest BCUT2D eigenvalue weighted by Crippen LogP contribution is 2.35. The molecule has 0 saturated heterocycles. The number of nitrogens with one attached hydrogen (secondary N) is 1. The number of hydrogen-bond donors (Lipinski definition) is 1. The normalized spacial score (nSPS) is 23.1. The van der Waals surface area contributed by atoms with E-state index in [-0.39, 0.29) is 6.04 Å². The molecule has 1 atom stereocenters. The molecule has 1 fully saturated rings. The van der Waals surface area contributed by atoms with Crippen molar-refractivity contribution in [3.8, 4) is 0 Å². The lowest BCUT2D eigenvalue weighted by Gasteiger charge is -2.23. The molecular weight excluding hydrogens is 268 g/mol. The van der Waals surface area contributed by atoms with E-state index in [9.17, 15) is 0 Å². The van der Waals surface area contributed by atoms with Crippen molar-refractivity contribution in [3.63, 3.8) is 0 Å². The summed E-state index contributed by atoms with van der Waals surface area (Å²) in [5.74, 6) is 2.72. The number of thiophene rings is 1. The van der Waals surface area contributed by atoms with Crippen LogP contribution in [0.15, 0.2) is 11.4 Å². The van der Waals surface area contributed by atoms with Crippen LogP contribution in [0.5, 0.6) is 0 Å². The van der Waals surface area contributed by atoms with Crippen LogP contribution in [0, 0.1) is 0 Å². The van der Waals surface area contributed by atoms with Crippen LogP contribution in [-0.2, 0) is 13.5 Å². The molecule has 2 aromatic rings. The molecule has 4 rings (SSSR count). The maximum Gasteiger partial charge on any atom is 0.154 e. The van der Waals surface area contributed by atoms with Crippen molar-refractivity contribution in [1.82, 2.24) is 20.1 Å². The number of hydrogen-bond acceptors (Lipinski definition) is 4. The summed E-state index contributed by atoms with van der Waals surface area (Å²) in [6, 6.07) is 2.46. The maximum absolute atomic E-state index is 4.89. The minimum atomic E-state index is 0.220. The zero-order chi connectivity index (χ0) is 13.5. The van der Waals surface area contributed by atoms with Gasteiger partial charge < -0.3 is 5.32 Å². The Morgan fingerprint density at radius 1 is 1.35 bits per heavy atom. The Kier molecular flexibility index (Phi) is 3.11. The summed E-state index contributed by atoms with van der Waals surface area (Å²) >= 11 is 1.86. The summed E-state index contributed by atoms with van der Waals surface area (Å²) < 4.78 is 1.98. The van der Waals surface area contributed by atoms with Gasteiger partial charge in [-0.05, 0) is 36.3 Å². The van der Waals surface area contributed by atoms with E-state index >= 15 is 0 Å². The third-order valence-electron chi connectivity index (χ3n) is 4.58. The highest BCUT2D eigenvalue weighted by molar-refractivity contribution is 7.10. The standard InChI is InChI=1S/C15H20N4S/c1-19-15(17-14(18-19)10-4-2-3-5-10)13-11-7-9-20-12(11)6-8-16-13/h7,9-10,13,16H,2-6,8H2,1H3. The zero-order valence-electron chi connectivity index (χ0n) is 11.8. The van der Waals surface area contributed by atoms with Crippen molar-refractivity contribution in [1.29, 1.82) is 0 Å². The summed E-state index contributed by atoms with van der Waals surface area (Å²) in [6.45, 7) is 1.03. The Labute approximate surface area is 123 Å². The molecule has 4 nitrogen and oxygen atoms in total. The Morgan fingerprint density at radius 3 is 3.05 bits per heavy atom. The highest BCUT2D eigenvalue weighted by atomic mass is 32.1. The Balaban J connectivity index is 1.69. The summed E-state index contributed by atoms with van der Waals surface area (Å²) in [5.41, 5.74) is 1.40. The van der Waals surface area contributed by atoms with Gasteiger partial charge in [-0.1, -0.05) is 12.8 Å². The Hall–Kier alpha value is -1.20. The molecule has 1 N–H and O–H groups in total. The van der Waals surface area contributed by atoms with E-state index in [1.807, 2.05) is 23.1 Å². The van der Waals surface area contributed by atoms with Gasteiger partial charge in [0.15, 0.2) is 5.82 Å². The third-order valence-corrected chi connectivity index (χ3v) is 5.58. The van der Waals surface area contributed by atoms with Crippen LogP contribution in [0.2, 0.25) is 0 Å². The van der Waals surface area contributed by atoms with Crippen LogP contribution in [-0.4, -0.2) is 21.3 Å². The molecule has 2 aliphatic rings. The minimum Gasteiger partial charge on any atom is -0.303 e. The molecule has 1 aliphatic heterocycles. The van der Waals surface area contributed by atoms with E-state index in [0.29, 0.717) is 5.92 Å². The van der Waals surface area contributed by atoms with Crippen LogP contribution in [0.3, 0.4) is 0 Å². The molecule has 0 radical (unpaired) electrons. The van der Waals surface area contributed by atoms with Gasteiger partial charge in [0.05, 0.1) is 6.04 Å². The molecule has 0 bridgehead atoms. The first kappa shape index (κ1) is 12.5. The van der Waals surface area contributed by atoms with E-state index in [1.54, 1.807) is 0 Å². The van der Waals surface area contributed by atoms with Gasteiger partial charge in [-0.3, -0.25) is 4.68 Å². The molecule has 20 heavy (non-hydrogen) atoms. The second-order valence-corrected chi connectivity index (χ2v) is 6.87. The molecule has 2 aromatic heterocycles. The largest absolute Gasteiger partial charge is 0.303 e. The predicted molar refractivity (Wildman–Crippen MR) is 80.1 cm³/mol. The topological polar surface area (TPSA) is 42.7 Å². The van der Waals surface area contributed by atoms with E-state index < -0.39 is 0 Å². The maximum atomic E-state index is 4.89. The van der Waals surface area contributed by atoms with E-state index in [1.165, 1.54) is 36.1 Å². The molecule has 1 unspecified atom stereocenters. The summed E-state index contributed by atoms with van der Waals surface area (Å²) in [7, 11) is 2.03. The van der Waals surface area contributed by atoms with Crippen molar-refractivity contribution < 1.29 is 0 Å². The van der Waals surface area contributed by atoms with Gasteiger partial charge in [-0.2, -0.15) is 5.10 Å². The molecule has 1 saturated carbocycles. The summed E-state index contributed by atoms with van der Waals surface area (Å²) in [5, 5.41) is 10.5. The number of nitrogens with zero attached hydrogens (tertiary/aromatic N) is 3. The van der Waals surface area contributed by atoms with Crippen molar-refractivity contribution in [3.05, 3.63) is 33.5 Å². The second kappa shape index (κ2) is 4.97. The molecule has 0 amide bonds. The lowest BCUT2D eigenvalue weighted by molar-refractivity contribution is 0.523. The van der Waals surface area contributed by atoms with E-state index in [4.69, 9.17) is 10.1 Å². The lowest BCUT2D eigenvalue weighted by Crippen LogP contribution is -2.31. The zero-order valence-corrected chi connectivity index (χ0v) is 12.6. The van der Waals surface area contributed by atoms with Gasteiger partial charge in [-0.15, -0.1) is 11.3 Å². The number of aromatic nitrogens is 3. The van der Waals surface area contributed by atoms with Gasteiger partial charge in [0.25, 0.3) is 0 Å². The molecule has 106 valence electrons.